The molecule has 7 heteroatoms. The van der Waals surface area contributed by atoms with Gasteiger partial charge in [0.05, 0.1) is 6.10 Å². The summed E-state index contributed by atoms with van der Waals surface area (Å²) in [6.45, 7) is -1.46. The monoisotopic (exact) mass is 320 g/mol. The number of ether oxygens (including phenoxy) is 1. The van der Waals surface area contributed by atoms with Crippen molar-refractivity contribution in [1.29, 1.82) is 0 Å². The van der Waals surface area contributed by atoms with E-state index in [0.29, 0.717) is 4.47 Å². The van der Waals surface area contributed by atoms with Crippen molar-refractivity contribution in [3.63, 3.8) is 0 Å². The summed E-state index contributed by atoms with van der Waals surface area (Å²) >= 11 is 3.03. The fourth-order valence-electron chi connectivity index (χ4n) is 1.11. The summed E-state index contributed by atoms with van der Waals surface area (Å²) in [5.74, 6) is 0.230. The van der Waals surface area contributed by atoms with Gasteiger partial charge in [-0.15, -0.1) is 5.46 Å². The van der Waals surface area contributed by atoms with E-state index in [0.717, 1.165) is 12.1 Å². The Morgan fingerprint density at radius 2 is 1.75 bits per heavy atom. The molecule has 0 aromatic heterocycles. The molecule has 84 valence electrons. The van der Waals surface area contributed by atoms with Crippen molar-refractivity contribution in [2.45, 2.75) is 20.0 Å². The Kier molecular flexibility index (Phi) is 7.22. The first-order valence-electron chi connectivity index (χ1n) is 4.46. The van der Waals surface area contributed by atoms with Crippen LogP contribution in [0.1, 0.15) is 13.8 Å². The van der Waals surface area contributed by atoms with Gasteiger partial charge in [0.25, 0.3) is 0 Å². The van der Waals surface area contributed by atoms with Crippen molar-refractivity contribution in [2.24, 2.45) is 0 Å². The Labute approximate surface area is 144 Å². The van der Waals surface area contributed by atoms with Gasteiger partial charge in [-0.1, -0.05) is 22.0 Å². The van der Waals surface area contributed by atoms with Gasteiger partial charge in [0.15, 0.2) is 0 Å². The fraction of sp³-hybridized carbons (Fsp3) is 0.333. The average molecular weight is 321 g/mol. The number of benzene rings is 1. The second-order valence-corrected chi connectivity index (χ2v) is 4.38. The van der Waals surface area contributed by atoms with Crippen LogP contribution in [-0.2, 0) is 0 Å². The molecule has 1 aromatic rings. The molecule has 0 aliphatic heterocycles. The summed E-state index contributed by atoms with van der Waals surface area (Å²) in [4.78, 5) is 0. The minimum Gasteiger partial charge on any atom is -0.491 e. The summed E-state index contributed by atoms with van der Waals surface area (Å²) in [5.41, 5.74) is -0.653. The summed E-state index contributed by atoms with van der Waals surface area (Å²) in [5, 5.41) is 0. The first-order chi connectivity index (χ1) is 6.79. The summed E-state index contributed by atoms with van der Waals surface area (Å²) in [7, 11) is 0. The number of hydrogen-bond acceptors (Lipinski definition) is 1. The van der Waals surface area contributed by atoms with Gasteiger partial charge in [-0.3, -0.25) is 0 Å². The topological polar surface area (TPSA) is 9.23 Å². The standard InChI is InChI=1S/C9H10BBrF3O.K/c1-6(2)15-9-4-7(10(12,13)14)3-8(11)5-9;/h3-6H,1-2H3;/q-1;+1. The van der Waals surface area contributed by atoms with Crippen LogP contribution in [0.5, 0.6) is 5.75 Å². The average Bonchev–Trinajstić information content (AvgIpc) is 1.99. The van der Waals surface area contributed by atoms with Crippen LogP contribution in [0.3, 0.4) is 0 Å². The molecule has 0 fully saturated rings. The van der Waals surface area contributed by atoms with E-state index in [1.54, 1.807) is 13.8 Å². The fourth-order valence-corrected chi connectivity index (χ4v) is 1.60. The molecule has 0 amide bonds. The molecule has 0 heterocycles. The predicted octanol–water partition coefficient (Wildman–Crippen LogP) is 0.295. The van der Waals surface area contributed by atoms with Gasteiger partial charge in [0.2, 0.25) is 0 Å². The van der Waals surface area contributed by atoms with E-state index >= 15 is 0 Å². The molecular weight excluding hydrogens is 311 g/mol. The van der Waals surface area contributed by atoms with Crippen molar-refractivity contribution in [3.05, 3.63) is 22.7 Å². The molecule has 0 aliphatic carbocycles. The molecule has 0 spiro atoms. The Bertz CT molecular complexity index is 357. The number of halogens is 4. The molecule has 0 saturated heterocycles. The molecule has 0 bridgehead atoms. The molecule has 0 aliphatic rings. The zero-order valence-corrected chi connectivity index (χ0v) is 14.0. The van der Waals surface area contributed by atoms with Crippen molar-refractivity contribution >= 4 is 28.4 Å². The minimum atomic E-state index is -4.98. The molecule has 1 rings (SSSR count). The zero-order chi connectivity index (χ0) is 11.6. The van der Waals surface area contributed by atoms with Gasteiger partial charge in [-0.2, -0.15) is 0 Å². The van der Waals surface area contributed by atoms with Crippen LogP contribution >= 0.6 is 15.9 Å². The van der Waals surface area contributed by atoms with Gasteiger partial charge in [0.1, 0.15) is 5.75 Å². The quantitative estimate of drug-likeness (QED) is 0.728. The molecule has 0 unspecified atom stereocenters. The van der Waals surface area contributed by atoms with Crippen molar-refractivity contribution in [3.8, 4) is 5.75 Å². The largest absolute Gasteiger partial charge is 1.00 e. The third-order valence-electron chi connectivity index (χ3n) is 1.64. The summed E-state index contributed by atoms with van der Waals surface area (Å²) in [6, 6.07) is 3.59. The third kappa shape index (κ3) is 5.55. The van der Waals surface area contributed by atoms with Crippen molar-refractivity contribution in [1.82, 2.24) is 0 Å². The molecule has 0 atom stereocenters. The third-order valence-corrected chi connectivity index (χ3v) is 2.10. The van der Waals surface area contributed by atoms with E-state index < -0.39 is 12.4 Å². The summed E-state index contributed by atoms with van der Waals surface area (Å²) < 4.78 is 43.0. The minimum absolute atomic E-state index is 0. The van der Waals surface area contributed by atoms with Crippen LogP contribution in [0.15, 0.2) is 22.7 Å². The number of hydrogen-bond donors (Lipinski definition) is 0. The zero-order valence-electron chi connectivity index (χ0n) is 9.31. The second kappa shape index (κ2) is 6.80. The molecule has 0 saturated carbocycles. The second-order valence-electron chi connectivity index (χ2n) is 3.46. The van der Waals surface area contributed by atoms with Gasteiger partial charge in [-0.05, 0) is 26.0 Å². The maximum atomic E-state index is 12.5. The smallest absolute Gasteiger partial charge is 0.491 e. The SMILES string of the molecule is CC(C)Oc1cc(Br)cc([B-](F)(F)F)c1.[K+]. The van der Waals surface area contributed by atoms with Crippen LogP contribution in [0, 0.1) is 0 Å². The Morgan fingerprint density at radius 3 is 2.19 bits per heavy atom. The van der Waals surface area contributed by atoms with Crippen molar-refractivity contribution in [2.75, 3.05) is 0 Å². The van der Waals surface area contributed by atoms with E-state index in [1.165, 1.54) is 6.07 Å². The van der Waals surface area contributed by atoms with Crippen LogP contribution in [0.4, 0.5) is 12.9 Å². The van der Waals surface area contributed by atoms with Crippen LogP contribution in [0.2, 0.25) is 0 Å². The van der Waals surface area contributed by atoms with Crippen LogP contribution < -0.4 is 61.6 Å². The van der Waals surface area contributed by atoms with E-state index in [-0.39, 0.29) is 63.2 Å². The first kappa shape index (κ1) is 17.0. The molecule has 0 N–H and O–H groups in total. The first-order valence-corrected chi connectivity index (χ1v) is 5.25. The Morgan fingerprint density at radius 1 is 1.19 bits per heavy atom. The van der Waals surface area contributed by atoms with Crippen molar-refractivity contribution < 1.29 is 69.1 Å². The number of rotatable bonds is 3. The Hall–Kier alpha value is 0.991. The molecule has 1 aromatic carbocycles. The van der Waals surface area contributed by atoms with E-state index in [2.05, 4.69) is 15.9 Å². The van der Waals surface area contributed by atoms with Crippen LogP contribution in [0.25, 0.3) is 0 Å². The van der Waals surface area contributed by atoms with Gasteiger partial charge in [0, 0.05) is 4.47 Å². The van der Waals surface area contributed by atoms with E-state index in [4.69, 9.17) is 4.74 Å². The summed E-state index contributed by atoms with van der Waals surface area (Å²) in [6.07, 6.45) is -0.145. The Balaban J connectivity index is 0.00000225. The van der Waals surface area contributed by atoms with Gasteiger partial charge < -0.3 is 17.7 Å². The van der Waals surface area contributed by atoms with Crippen LogP contribution in [-0.4, -0.2) is 13.1 Å². The van der Waals surface area contributed by atoms with E-state index in [9.17, 15) is 12.9 Å². The predicted molar refractivity (Wildman–Crippen MR) is 58.6 cm³/mol. The molecule has 1 nitrogen and oxygen atoms in total. The normalized spacial score (nSPS) is 11.2. The molecular formula is C9H10BBrF3KO. The maximum absolute atomic E-state index is 12.5. The van der Waals surface area contributed by atoms with Gasteiger partial charge >= 0.3 is 58.4 Å². The van der Waals surface area contributed by atoms with E-state index in [1.807, 2.05) is 0 Å². The molecule has 0 radical (unpaired) electrons. The van der Waals surface area contributed by atoms with Gasteiger partial charge in [-0.25, -0.2) is 0 Å². The maximum Gasteiger partial charge on any atom is 1.00 e. The molecule has 16 heavy (non-hydrogen) atoms.